The van der Waals surface area contributed by atoms with E-state index in [9.17, 15) is 14.4 Å². The maximum atomic E-state index is 12.8. The second-order valence-corrected chi connectivity index (χ2v) is 20.9. The maximum absolute atomic E-state index is 12.8. The van der Waals surface area contributed by atoms with E-state index in [1.807, 2.05) is 6.07 Å². The van der Waals surface area contributed by atoms with Gasteiger partial charge >= 0.3 is 17.9 Å². The molecule has 1 aromatic rings. The second kappa shape index (κ2) is 57.3. The predicted octanol–water partition coefficient (Wildman–Crippen LogP) is 20.2. The molecule has 1 aromatic carbocycles. The Hall–Kier alpha value is -2.57. The minimum absolute atomic E-state index is 0.0611. The highest BCUT2D eigenvalue weighted by Gasteiger charge is 2.19. The molecule has 0 unspecified atom stereocenters. The SMILES string of the molecule is CCCCCCCCCCCCCCCCCC(=O)OCC(COC(=O)CCCCCCCCCCCCCCCCC)OC(=O)CCCCCCCCCCCCCCCCC.Oc1ccccc1. The van der Waals surface area contributed by atoms with E-state index < -0.39 is 6.10 Å². The number of ether oxygens (including phenoxy) is 3. The molecule has 0 aliphatic rings. The molecular weight excluding hydrogens is 869 g/mol. The van der Waals surface area contributed by atoms with Crippen molar-refractivity contribution in [3.8, 4) is 5.75 Å². The van der Waals surface area contributed by atoms with Gasteiger partial charge in [0.25, 0.3) is 0 Å². The number of esters is 3. The molecule has 70 heavy (non-hydrogen) atoms. The standard InChI is InChI=1S/C57H110O6.C6H6O/c1-4-7-10-13-16-19-22-25-28-31-34-37-40-43-46-49-55(58)61-52-54(63-57(60)51-48-45-42-39-36-33-30-27-24-21-18-15-12-9-6-3)53-62-56(59)50-47-44-41-38-35-32-29-26-23-20-17-14-11-8-5-2;7-6-4-2-1-3-5-6/h54H,4-53H2,1-3H3;1-5,7H. The number of aromatic hydroxyl groups is 1. The molecule has 7 heteroatoms. The monoisotopic (exact) mass is 985 g/mol. The Kier molecular flexibility index (Phi) is 55.2. The van der Waals surface area contributed by atoms with Crippen molar-refractivity contribution in [2.75, 3.05) is 13.2 Å². The number of rotatable bonds is 53. The average Bonchev–Trinajstić information content (AvgIpc) is 3.36. The minimum atomic E-state index is -0.760. The molecule has 7 nitrogen and oxygen atoms in total. The van der Waals surface area contributed by atoms with Crippen LogP contribution in [0.2, 0.25) is 0 Å². The molecule has 0 fully saturated rings. The van der Waals surface area contributed by atoms with Gasteiger partial charge in [0.05, 0.1) is 0 Å². The van der Waals surface area contributed by atoms with Crippen LogP contribution in [0.4, 0.5) is 0 Å². The van der Waals surface area contributed by atoms with Crippen LogP contribution < -0.4 is 0 Å². The first-order valence-electron chi connectivity index (χ1n) is 30.7. The molecule has 1 rings (SSSR count). The Morgan fingerprint density at radius 2 is 0.543 bits per heavy atom. The molecule has 0 saturated heterocycles. The number of carbonyl (C=O) groups excluding carboxylic acids is 3. The third-order valence-corrected chi connectivity index (χ3v) is 13.9. The normalized spacial score (nSPS) is 11.1. The first-order chi connectivity index (χ1) is 34.4. The maximum Gasteiger partial charge on any atom is 0.306 e. The highest BCUT2D eigenvalue weighted by molar-refractivity contribution is 5.71. The highest BCUT2D eigenvalue weighted by atomic mass is 16.6. The van der Waals surface area contributed by atoms with Gasteiger partial charge in [0, 0.05) is 19.3 Å². The van der Waals surface area contributed by atoms with Crippen LogP contribution in [0.5, 0.6) is 5.75 Å². The Bertz CT molecular complexity index is 1150. The molecule has 0 amide bonds. The lowest BCUT2D eigenvalue weighted by Crippen LogP contribution is -2.30. The summed E-state index contributed by atoms with van der Waals surface area (Å²) < 4.78 is 16.9. The van der Waals surface area contributed by atoms with Crippen LogP contribution in [0.25, 0.3) is 0 Å². The number of para-hydroxylation sites is 1. The first-order valence-corrected chi connectivity index (χ1v) is 30.7. The van der Waals surface area contributed by atoms with Gasteiger partial charge in [0.1, 0.15) is 19.0 Å². The summed E-state index contributed by atoms with van der Waals surface area (Å²) in [6, 6.07) is 8.71. The van der Waals surface area contributed by atoms with E-state index in [1.54, 1.807) is 24.3 Å². The summed E-state index contributed by atoms with van der Waals surface area (Å²) >= 11 is 0. The van der Waals surface area contributed by atoms with Crippen molar-refractivity contribution >= 4 is 17.9 Å². The molecule has 0 aromatic heterocycles. The van der Waals surface area contributed by atoms with Crippen LogP contribution in [0.15, 0.2) is 30.3 Å². The van der Waals surface area contributed by atoms with Gasteiger partial charge in [-0.2, -0.15) is 0 Å². The largest absolute Gasteiger partial charge is 0.508 e. The lowest BCUT2D eigenvalue weighted by atomic mass is 10.0. The fourth-order valence-electron chi connectivity index (χ4n) is 9.23. The molecule has 0 spiro atoms. The molecule has 1 N–H and O–H groups in total. The van der Waals surface area contributed by atoms with Crippen molar-refractivity contribution in [3.63, 3.8) is 0 Å². The zero-order valence-corrected chi connectivity index (χ0v) is 46.7. The van der Waals surface area contributed by atoms with Crippen molar-refractivity contribution in [1.29, 1.82) is 0 Å². The van der Waals surface area contributed by atoms with Gasteiger partial charge in [-0.15, -0.1) is 0 Å². The van der Waals surface area contributed by atoms with Gasteiger partial charge in [0.2, 0.25) is 0 Å². The van der Waals surface area contributed by atoms with E-state index in [1.165, 1.54) is 231 Å². The lowest BCUT2D eigenvalue weighted by molar-refractivity contribution is -0.167. The Balaban J connectivity index is 0.00000619. The zero-order valence-electron chi connectivity index (χ0n) is 46.7. The lowest BCUT2D eigenvalue weighted by Gasteiger charge is -2.18. The summed E-state index contributed by atoms with van der Waals surface area (Å²) in [4.78, 5) is 38.1. The fraction of sp³-hybridized carbons (Fsp3) is 0.857. The number of phenolic OH excluding ortho intramolecular Hbond substituents is 1. The number of hydrogen-bond donors (Lipinski definition) is 1. The Labute approximate surface area is 434 Å². The van der Waals surface area contributed by atoms with Crippen molar-refractivity contribution < 1.29 is 33.7 Å². The minimum Gasteiger partial charge on any atom is -0.508 e. The van der Waals surface area contributed by atoms with E-state index in [2.05, 4.69) is 20.8 Å². The fourth-order valence-corrected chi connectivity index (χ4v) is 9.23. The summed E-state index contributed by atoms with van der Waals surface area (Å²) in [7, 11) is 0. The quantitative estimate of drug-likeness (QED) is 0.0394. The molecule has 0 aliphatic carbocycles. The molecule has 0 atom stereocenters. The third-order valence-electron chi connectivity index (χ3n) is 13.9. The Morgan fingerprint density at radius 3 is 0.757 bits per heavy atom. The third kappa shape index (κ3) is 54.8. The number of hydrogen-bond acceptors (Lipinski definition) is 7. The van der Waals surface area contributed by atoms with Crippen LogP contribution >= 0.6 is 0 Å². The summed E-state index contributed by atoms with van der Waals surface area (Å²) in [5, 5.41) is 8.63. The summed E-state index contributed by atoms with van der Waals surface area (Å²) in [5.74, 6) is -0.510. The summed E-state index contributed by atoms with van der Waals surface area (Å²) in [6.07, 6.45) is 58.0. The van der Waals surface area contributed by atoms with Gasteiger partial charge in [-0.05, 0) is 31.4 Å². The van der Waals surface area contributed by atoms with Crippen molar-refractivity contribution in [2.45, 2.75) is 335 Å². The van der Waals surface area contributed by atoms with Gasteiger partial charge < -0.3 is 19.3 Å². The van der Waals surface area contributed by atoms with Crippen molar-refractivity contribution in [2.24, 2.45) is 0 Å². The molecule has 0 aliphatic heterocycles. The number of unbranched alkanes of at least 4 members (excludes halogenated alkanes) is 42. The number of phenols is 1. The first kappa shape index (κ1) is 67.4. The number of benzene rings is 1. The molecule has 0 heterocycles. The van der Waals surface area contributed by atoms with Gasteiger partial charge in [-0.1, -0.05) is 309 Å². The molecule has 0 radical (unpaired) electrons. The van der Waals surface area contributed by atoms with E-state index in [0.29, 0.717) is 25.0 Å². The van der Waals surface area contributed by atoms with Crippen LogP contribution in [0, 0.1) is 0 Å². The van der Waals surface area contributed by atoms with Gasteiger partial charge in [-0.3, -0.25) is 14.4 Å². The smallest absolute Gasteiger partial charge is 0.306 e. The van der Waals surface area contributed by atoms with E-state index in [0.717, 1.165) is 57.8 Å². The summed E-state index contributed by atoms with van der Waals surface area (Å²) in [5.41, 5.74) is 0. The average molecular weight is 986 g/mol. The van der Waals surface area contributed by atoms with Crippen molar-refractivity contribution in [3.05, 3.63) is 30.3 Å². The number of carbonyl (C=O) groups is 3. The molecule has 410 valence electrons. The van der Waals surface area contributed by atoms with E-state index >= 15 is 0 Å². The molecule has 0 bridgehead atoms. The highest BCUT2D eigenvalue weighted by Crippen LogP contribution is 2.18. The Morgan fingerprint density at radius 1 is 0.329 bits per heavy atom. The zero-order chi connectivity index (χ0) is 50.9. The van der Waals surface area contributed by atoms with Crippen molar-refractivity contribution in [1.82, 2.24) is 0 Å². The summed E-state index contributed by atoms with van der Waals surface area (Å²) in [6.45, 7) is 6.71. The van der Waals surface area contributed by atoms with Crippen LogP contribution in [-0.2, 0) is 28.6 Å². The van der Waals surface area contributed by atoms with E-state index in [-0.39, 0.29) is 31.1 Å². The van der Waals surface area contributed by atoms with Crippen LogP contribution in [0.1, 0.15) is 329 Å². The van der Waals surface area contributed by atoms with Crippen LogP contribution in [-0.4, -0.2) is 42.3 Å². The van der Waals surface area contributed by atoms with E-state index in [4.69, 9.17) is 19.3 Å². The topological polar surface area (TPSA) is 99.1 Å². The second-order valence-electron chi connectivity index (χ2n) is 20.9. The van der Waals surface area contributed by atoms with Gasteiger partial charge in [-0.25, -0.2) is 0 Å². The predicted molar refractivity (Wildman–Crippen MR) is 299 cm³/mol. The van der Waals surface area contributed by atoms with Crippen LogP contribution in [0.3, 0.4) is 0 Å². The molecule has 0 saturated carbocycles. The van der Waals surface area contributed by atoms with Gasteiger partial charge in [0.15, 0.2) is 6.10 Å². The molecular formula is C63H116O7.